The maximum absolute atomic E-state index is 13.0. The number of rotatable bonds is 60. The van der Waals surface area contributed by atoms with Crippen molar-refractivity contribution in [3.8, 4) is 0 Å². The maximum Gasteiger partial charge on any atom is 0.472 e. The van der Waals surface area contributed by atoms with Gasteiger partial charge in [-0.15, -0.1) is 0 Å². The molecule has 0 aliphatic heterocycles. The number of aliphatic hydroxyl groups excluding tert-OH is 1. The number of phosphoric ester groups is 1. The predicted molar refractivity (Wildman–Crippen MR) is 334 cm³/mol. The van der Waals surface area contributed by atoms with Crippen LogP contribution in [0.5, 0.6) is 0 Å². The SMILES string of the molecule is CC/C=C\C/C=C\C/C=C\C/C=C\CCCCCCCCC(=O)OC(COC(=O)CCCCCCCC/C=C\C/C=C\C/C=C\CCCCC)COP(=O)(O)OCC(CO)OC(=O)CCCCCCCCCCCCCCCCC. The van der Waals surface area contributed by atoms with Gasteiger partial charge in [0.05, 0.1) is 19.8 Å². The van der Waals surface area contributed by atoms with E-state index in [9.17, 15) is 28.9 Å². The first-order chi connectivity index (χ1) is 39.2. The fraction of sp³-hybridized carbons (Fsp3) is 0.750. The van der Waals surface area contributed by atoms with E-state index in [4.69, 9.17) is 23.3 Å². The molecular formula is C68H119O11P. The molecule has 2 N–H and O–H groups in total. The molecule has 0 aromatic carbocycles. The quantitative estimate of drug-likeness (QED) is 0.0197. The Hall–Kier alpha value is -3.34. The Balaban J connectivity index is 4.75. The summed E-state index contributed by atoms with van der Waals surface area (Å²) < 4.78 is 39.7. The van der Waals surface area contributed by atoms with Crippen LogP contribution >= 0.6 is 7.82 Å². The molecule has 0 aliphatic carbocycles. The van der Waals surface area contributed by atoms with Gasteiger partial charge in [-0.3, -0.25) is 23.4 Å². The summed E-state index contributed by atoms with van der Waals surface area (Å²) >= 11 is 0. The summed E-state index contributed by atoms with van der Waals surface area (Å²) in [7, 11) is -4.76. The van der Waals surface area contributed by atoms with Gasteiger partial charge >= 0.3 is 25.7 Å². The lowest BCUT2D eigenvalue weighted by Gasteiger charge is -2.21. The van der Waals surface area contributed by atoms with E-state index >= 15 is 0 Å². The molecule has 11 nitrogen and oxygen atoms in total. The molecular weight excluding hydrogens is 1020 g/mol. The molecule has 0 saturated heterocycles. The zero-order valence-electron chi connectivity index (χ0n) is 51.3. The van der Waals surface area contributed by atoms with Crippen LogP contribution in [-0.2, 0) is 42.2 Å². The summed E-state index contributed by atoms with van der Waals surface area (Å²) in [5.74, 6) is -1.49. The van der Waals surface area contributed by atoms with Gasteiger partial charge in [0, 0.05) is 19.3 Å². The van der Waals surface area contributed by atoms with Crippen molar-refractivity contribution in [1.82, 2.24) is 0 Å². The third-order valence-electron chi connectivity index (χ3n) is 13.8. The number of carbonyl (C=O) groups excluding carboxylic acids is 3. The van der Waals surface area contributed by atoms with Gasteiger partial charge in [-0.1, -0.05) is 260 Å². The van der Waals surface area contributed by atoms with E-state index in [1.54, 1.807) is 0 Å². The van der Waals surface area contributed by atoms with Crippen LogP contribution in [0.2, 0.25) is 0 Å². The van der Waals surface area contributed by atoms with Crippen molar-refractivity contribution >= 4 is 25.7 Å². The molecule has 3 atom stereocenters. The van der Waals surface area contributed by atoms with Gasteiger partial charge in [0.1, 0.15) is 12.7 Å². The Bertz CT molecular complexity index is 1670. The molecule has 0 amide bonds. The second-order valence-electron chi connectivity index (χ2n) is 21.6. The molecule has 0 spiro atoms. The average Bonchev–Trinajstić information content (AvgIpc) is 3.45. The number of unbranched alkanes of at least 4 members (excludes halogenated alkanes) is 29. The van der Waals surface area contributed by atoms with Crippen LogP contribution in [0.1, 0.15) is 290 Å². The largest absolute Gasteiger partial charge is 0.472 e. The predicted octanol–water partition coefficient (Wildman–Crippen LogP) is 19.8. The standard InChI is InChI=1S/C68H119O11P/c1-4-7-10-13-16-19-22-25-28-30-32-34-37-39-42-45-48-51-54-57-66(70)75-61-65(79-68(72)59-56-53-50-47-44-41-38-35-33-31-29-26-23-20-17-14-11-8-5-2)63-77-80(73,74)76-62-64(60-69)78-67(71)58-55-52-49-46-43-40-36-27-24-21-18-15-12-9-6-3/h8,11,16-17,19-20,25-26,28-29,32-35,64-65,69H,4-7,9-10,12-15,18,21-24,27,30-31,36-63H2,1-3H3,(H,73,74)/b11-8-,19-16-,20-17-,28-25-,29-26-,34-32-,35-33-. The molecule has 0 radical (unpaired) electrons. The monoisotopic (exact) mass is 1140 g/mol. The van der Waals surface area contributed by atoms with E-state index in [1.807, 2.05) is 0 Å². The lowest BCUT2D eigenvalue weighted by Crippen LogP contribution is -2.30. The Morgan fingerprint density at radius 2 is 0.650 bits per heavy atom. The number of allylic oxidation sites excluding steroid dienone is 14. The summed E-state index contributed by atoms with van der Waals surface area (Å²) in [5, 5.41) is 9.85. The molecule has 0 aliphatic rings. The average molecular weight is 1140 g/mol. The van der Waals surface area contributed by atoms with Crippen LogP contribution in [0.25, 0.3) is 0 Å². The third kappa shape index (κ3) is 59.3. The fourth-order valence-electron chi connectivity index (χ4n) is 8.89. The van der Waals surface area contributed by atoms with Crippen LogP contribution in [0.3, 0.4) is 0 Å². The third-order valence-corrected chi connectivity index (χ3v) is 14.8. The van der Waals surface area contributed by atoms with Crippen molar-refractivity contribution in [2.75, 3.05) is 26.4 Å². The highest BCUT2D eigenvalue weighted by Gasteiger charge is 2.28. The Morgan fingerprint density at radius 3 is 1.02 bits per heavy atom. The Morgan fingerprint density at radius 1 is 0.362 bits per heavy atom. The van der Waals surface area contributed by atoms with Gasteiger partial charge in [-0.05, 0) is 96.3 Å². The fourth-order valence-corrected chi connectivity index (χ4v) is 9.67. The molecule has 0 saturated carbocycles. The minimum Gasteiger partial charge on any atom is -0.462 e. The Kier molecular flexibility index (Phi) is 59.1. The molecule has 12 heteroatoms. The van der Waals surface area contributed by atoms with E-state index in [-0.39, 0.29) is 25.9 Å². The maximum atomic E-state index is 13.0. The Labute approximate surface area is 490 Å². The molecule has 0 bridgehead atoms. The van der Waals surface area contributed by atoms with E-state index < -0.39 is 57.8 Å². The van der Waals surface area contributed by atoms with Crippen LogP contribution in [0.4, 0.5) is 0 Å². The lowest BCUT2D eigenvalue weighted by atomic mass is 10.0. The highest BCUT2D eigenvalue weighted by atomic mass is 31.2. The van der Waals surface area contributed by atoms with Gasteiger partial charge in [0.2, 0.25) is 0 Å². The number of phosphoric acid groups is 1. The number of aliphatic hydroxyl groups is 1. The summed E-state index contributed by atoms with van der Waals surface area (Å²) in [5.41, 5.74) is 0. The second-order valence-corrected chi connectivity index (χ2v) is 23.0. The number of ether oxygens (including phenoxy) is 3. The second kappa shape index (κ2) is 61.7. The zero-order valence-corrected chi connectivity index (χ0v) is 52.2. The van der Waals surface area contributed by atoms with E-state index in [0.29, 0.717) is 19.3 Å². The van der Waals surface area contributed by atoms with Gasteiger partial charge in [0.25, 0.3) is 0 Å². The van der Waals surface area contributed by atoms with E-state index in [1.165, 1.54) is 96.3 Å². The van der Waals surface area contributed by atoms with Crippen molar-refractivity contribution < 1.29 is 52.2 Å². The van der Waals surface area contributed by atoms with Gasteiger partial charge < -0.3 is 24.2 Å². The minimum atomic E-state index is -4.76. The highest BCUT2D eigenvalue weighted by molar-refractivity contribution is 7.47. The first kappa shape index (κ1) is 76.7. The molecule has 0 aromatic heterocycles. The smallest absolute Gasteiger partial charge is 0.462 e. The first-order valence-corrected chi connectivity index (χ1v) is 34.0. The zero-order chi connectivity index (χ0) is 58.3. The van der Waals surface area contributed by atoms with E-state index in [0.717, 1.165) is 135 Å². The molecule has 0 aromatic rings. The van der Waals surface area contributed by atoms with Crippen molar-refractivity contribution in [2.45, 2.75) is 303 Å². The summed E-state index contributed by atoms with van der Waals surface area (Å²) in [6, 6.07) is 0. The number of esters is 3. The topological polar surface area (TPSA) is 155 Å². The number of hydrogen-bond acceptors (Lipinski definition) is 10. The summed E-state index contributed by atoms with van der Waals surface area (Å²) in [4.78, 5) is 48.8. The number of carbonyl (C=O) groups is 3. The molecule has 0 heterocycles. The minimum absolute atomic E-state index is 0.146. The normalized spacial score (nSPS) is 13.8. The molecule has 462 valence electrons. The van der Waals surface area contributed by atoms with Crippen molar-refractivity contribution in [3.63, 3.8) is 0 Å². The first-order valence-electron chi connectivity index (χ1n) is 32.5. The summed E-state index contributed by atoms with van der Waals surface area (Å²) in [6.07, 6.45) is 72.4. The van der Waals surface area contributed by atoms with E-state index in [2.05, 4.69) is 106 Å². The molecule has 0 rings (SSSR count). The van der Waals surface area contributed by atoms with Crippen LogP contribution in [-0.4, -0.2) is 66.5 Å². The molecule has 80 heavy (non-hydrogen) atoms. The van der Waals surface area contributed by atoms with Crippen molar-refractivity contribution in [3.05, 3.63) is 85.1 Å². The molecule has 0 fully saturated rings. The summed E-state index contributed by atoms with van der Waals surface area (Å²) in [6.45, 7) is 4.52. The van der Waals surface area contributed by atoms with Gasteiger partial charge in [0.15, 0.2) is 6.10 Å². The van der Waals surface area contributed by atoms with Crippen LogP contribution in [0.15, 0.2) is 85.1 Å². The van der Waals surface area contributed by atoms with Crippen LogP contribution in [0, 0.1) is 0 Å². The van der Waals surface area contributed by atoms with Gasteiger partial charge in [-0.25, -0.2) is 4.57 Å². The highest BCUT2D eigenvalue weighted by Crippen LogP contribution is 2.43. The van der Waals surface area contributed by atoms with Crippen LogP contribution < -0.4 is 0 Å². The van der Waals surface area contributed by atoms with Crippen molar-refractivity contribution in [1.29, 1.82) is 0 Å². The lowest BCUT2D eigenvalue weighted by molar-refractivity contribution is -0.161. The van der Waals surface area contributed by atoms with Crippen molar-refractivity contribution in [2.24, 2.45) is 0 Å². The molecule has 3 unspecified atom stereocenters. The van der Waals surface area contributed by atoms with Gasteiger partial charge in [-0.2, -0.15) is 0 Å². The number of hydrogen-bond donors (Lipinski definition) is 2.